The zero-order valence-electron chi connectivity index (χ0n) is 16.1. The molecule has 1 aliphatic rings. The largest absolute Gasteiger partial charge is 0.372 e. The smallest absolute Gasteiger partial charge is 0.226 e. The Morgan fingerprint density at radius 1 is 1.00 bits per heavy atom. The van der Waals surface area contributed by atoms with E-state index in [2.05, 4.69) is 15.5 Å². The standard InChI is InChI=1S/C22H26ClN3O2/c1-16(27)24-21(17-5-7-18(23)8-6-17)15-22(28)25-19-9-11-20(12-10-19)26-13-3-2-4-14-26/h5-12,21H,2-4,13-15H2,1H3,(H,24,27)(H,25,28). The zero-order valence-corrected chi connectivity index (χ0v) is 16.8. The maximum atomic E-state index is 12.5. The SMILES string of the molecule is CC(=O)NC(CC(=O)Nc1ccc(N2CCCCC2)cc1)c1ccc(Cl)cc1. The molecule has 0 aliphatic carbocycles. The fraction of sp³-hybridized carbons (Fsp3) is 0.364. The molecule has 28 heavy (non-hydrogen) atoms. The summed E-state index contributed by atoms with van der Waals surface area (Å²) in [5.41, 5.74) is 2.79. The first-order valence-corrected chi connectivity index (χ1v) is 10.1. The Hall–Kier alpha value is -2.53. The Bertz CT molecular complexity index is 800. The molecule has 1 atom stereocenters. The Morgan fingerprint density at radius 2 is 1.64 bits per heavy atom. The number of anilines is 2. The predicted molar refractivity (Wildman–Crippen MR) is 114 cm³/mol. The molecule has 2 N–H and O–H groups in total. The number of halogens is 1. The van der Waals surface area contributed by atoms with Crippen molar-refractivity contribution in [1.82, 2.24) is 5.32 Å². The minimum absolute atomic E-state index is 0.148. The van der Waals surface area contributed by atoms with Gasteiger partial charge in [0.15, 0.2) is 0 Å². The van der Waals surface area contributed by atoms with Crippen molar-refractivity contribution >= 4 is 34.8 Å². The maximum absolute atomic E-state index is 12.5. The fourth-order valence-corrected chi connectivity index (χ4v) is 3.62. The minimum Gasteiger partial charge on any atom is -0.372 e. The highest BCUT2D eigenvalue weighted by Gasteiger charge is 2.17. The van der Waals surface area contributed by atoms with Gasteiger partial charge >= 0.3 is 0 Å². The molecule has 1 aliphatic heterocycles. The first kappa shape index (κ1) is 20.2. The van der Waals surface area contributed by atoms with Crippen LogP contribution in [0.2, 0.25) is 5.02 Å². The molecule has 0 aromatic heterocycles. The number of carbonyl (C=O) groups is 2. The quantitative estimate of drug-likeness (QED) is 0.749. The highest BCUT2D eigenvalue weighted by atomic mass is 35.5. The number of hydrogen-bond acceptors (Lipinski definition) is 3. The molecular formula is C22H26ClN3O2. The summed E-state index contributed by atoms with van der Waals surface area (Å²) in [6.07, 6.45) is 3.91. The molecule has 6 heteroatoms. The first-order chi connectivity index (χ1) is 13.5. The average molecular weight is 400 g/mol. The van der Waals surface area contributed by atoms with Crippen molar-refractivity contribution < 1.29 is 9.59 Å². The highest BCUT2D eigenvalue weighted by molar-refractivity contribution is 6.30. The van der Waals surface area contributed by atoms with E-state index in [-0.39, 0.29) is 18.2 Å². The van der Waals surface area contributed by atoms with Crippen LogP contribution in [0.1, 0.15) is 44.2 Å². The van der Waals surface area contributed by atoms with Crippen molar-refractivity contribution in [3.8, 4) is 0 Å². The van der Waals surface area contributed by atoms with Crippen LogP contribution < -0.4 is 15.5 Å². The number of carbonyl (C=O) groups excluding carboxylic acids is 2. The van der Waals surface area contributed by atoms with E-state index in [0.29, 0.717) is 5.02 Å². The molecule has 0 spiro atoms. The third kappa shape index (κ3) is 5.73. The normalized spacial score (nSPS) is 15.0. The van der Waals surface area contributed by atoms with E-state index in [4.69, 9.17) is 11.6 Å². The van der Waals surface area contributed by atoms with Crippen LogP contribution in [0.5, 0.6) is 0 Å². The lowest BCUT2D eigenvalue weighted by molar-refractivity contribution is -0.120. The Morgan fingerprint density at radius 3 is 2.25 bits per heavy atom. The predicted octanol–water partition coefficient (Wildman–Crippen LogP) is 4.54. The van der Waals surface area contributed by atoms with E-state index < -0.39 is 6.04 Å². The molecule has 1 unspecified atom stereocenters. The van der Waals surface area contributed by atoms with Gasteiger partial charge < -0.3 is 15.5 Å². The molecule has 148 valence electrons. The molecule has 2 aromatic rings. The van der Waals surface area contributed by atoms with Crippen molar-refractivity contribution in [3.63, 3.8) is 0 Å². The summed E-state index contributed by atoms with van der Waals surface area (Å²) in [5, 5.41) is 6.37. The van der Waals surface area contributed by atoms with Crippen LogP contribution in [0, 0.1) is 0 Å². The van der Waals surface area contributed by atoms with Crippen LogP contribution >= 0.6 is 11.6 Å². The monoisotopic (exact) mass is 399 g/mol. The number of amides is 2. The Balaban J connectivity index is 1.62. The van der Waals surface area contributed by atoms with E-state index in [9.17, 15) is 9.59 Å². The third-order valence-electron chi connectivity index (χ3n) is 4.91. The molecule has 1 saturated heterocycles. The van der Waals surface area contributed by atoms with Crippen molar-refractivity contribution in [1.29, 1.82) is 0 Å². The zero-order chi connectivity index (χ0) is 19.9. The summed E-state index contributed by atoms with van der Waals surface area (Å²) in [7, 11) is 0. The van der Waals surface area contributed by atoms with Gasteiger partial charge in [0.25, 0.3) is 0 Å². The van der Waals surface area contributed by atoms with Crippen LogP contribution in [0.4, 0.5) is 11.4 Å². The third-order valence-corrected chi connectivity index (χ3v) is 5.16. The Kier molecular flexibility index (Phi) is 6.93. The van der Waals surface area contributed by atoms with Crippen molar-refractivity contribution in [3.05, 3.63) is 59.1 Å². The van der Waals surface area contributed by atoms with Gasteiger partial charge in [-0.2, -0.15) is 0 Å². The van der Waals surface area contributed by atoms with E-state index >= 15 is 0 Å². The van der Waals surface area contributed by atoms with Crippen LogP contribution in [0.3, 0.4) is 0 Å². The second-order valence-corrected chi connectivity index (χ2v) is 7.59. The van der Waals surface area contributed by atoms with Crippen molar-refractivity contribution in [2.75, 3.05) is 23.3 Å². The van der Waals surface area contributed by atoms with E-state index in [0.717, 1.165) is 24.3 Å². The maximum Gasteiger partial charge on any atom is 0.226 e. The number of hydrogen-bond donors (Lipinski definition) is 2. The van der Waals surface area contributed by atoms with Gasteiger partial charge in [0.2, 0.25) is 11.8 Å². The van der Waals surface area contributed by atoms with Crippen LogP contribution in [0.25, 0.3) is 0 Å². The van der Waals surface area contributed by atoms with Crippen LogP contribution in [0.15, 0.2) is 48.5 Å². The second-order valence-electron chi connectivity index (χ2n) is 7.15. The van der Waals surface area contributed by atoms with E-state index in [1.165, 1.54) is 31.9 Å². The summed E-state index contributed by atoms with van der Waals surface area (Å²) >= 11 is 5.93. The van der Waals surface area contributed by atoms with E-state index in [1.807, 2.05) is 36.4 Å². The molecule has 1 heterocycles. The van der Waals surface area contributed by atoms with Gasteiger partial charge in [-0.15, -0.1) is 0 Å². The van der Waals surface area contributed by atoms with Crippen molar-refractivity contribution in [2.24, 2.45) is 0 Å². The van der Waals surface area contributed by atoms with Gasteiger partial charge in [-0.3, -0.25) is 9.59 Å². The topological polar surface area (TPSA) is 61.4 Å². The van der Waals surface area contributed by atoms with E-state index in [1.54, 1.807) is 12.1 Å². The van der Waals surface area contributed by atoms with Gasteiger partial charge in [-0.1, -0.05) is 23.7 Å². The molecule has 0 radical (unpaired) electrons. The number of rotatable bonds is 6. The summed E-state index contributed by atoms with van der Waals surface area (Å²) < 4.78 is 0. The highest BCUT2D eigenvalue weighted by Crippen LogP contribution is 2.23. The fourth-order valence-electron chi connectivity index (χ4n) is 3.50. The van der Waals surface area contributed by atoms with Gasteiger partial charge in [0.1, 0.15) is 0 Å². The van der Waals surface area contributed by atoms with Crippen LogP contribution in [-0.2, 0) is 9.59 Å². The number of benzene rings is 2. The lowest BCUT2D eigenvalue weighted by atomic mass is 10.0. The minimum atomic E-state index is -0.401. The van der Waals surface area contributed by atoms with Gasteiger partial charge in [0, 0.05) is 36.4 Å². The molecule has 3 rings (SSSR count). The molecule has 5 nitrogen and oxygen atoms in total. The lowest BCUT2D eigenvalue weighted by Gasteiger charge is -2.28. The Labute approximate surface area is 171 Å². The molecule has 1 fully saturated rings. The van der Waals surface area contributed by atoms with Crippen LogP contribution in [-0.4, -0.2) is 24.9 Å². The summed E-state index contributed by atoms with van der Waals surface area (Å²) in [4.78, 5) is 26.5. The van der Waals surface area contributed by atoms with Gasteiger partial charge in [0.05, 0.1) is 12.5 Å². The molecule has 2 aromatic carbocycles. The lowest BCUT2D eigenvalue weighted by Crippen LogP contribution is -2.30. The first-order valence-electron chi connectivity index (χ1n) is 9.69. The molecular weight excluding hydrogens is 374 g/mol. The molecule has 2 amide bonds. The summed E-state index contributed by atoms with van der Waals surface area (Å²) in [6, 6.07) is 14.7. The summed E-state index contributed by atoms with van der Waals surface area (Å²) in [5.74, 6) is -0.335. The van der Waals surface area contributed by atoms with Gasteiger partial charge in [-0.25, -0.2) is 0 Å². The summed E-state index contributed by atoms with van der Waals surface area (Å²) in [6.45, 7) is 3.62. The number of nitrogens with zero attached hydrogens (tertiary/aromatic N) is 1. The van der Waals surface area contributed by atoms with Gasteiger partial charge in [-0.05, 0) is 61.2 Å². The number of nitrogens with one attached hydrogen (secondary N) is 2. The second kappa shape index (κ2) is 9.60. The van der Waals surface area contributed by atoms with Crippen molar-refractivity contribution in [2.45, 2.75) is 38.6 Å². The number of piperidine rings is 1. The molecule has 0 saturated carbocycles. The molecule has 0 bridgehead atoms. The average Bonchev–Trinajstić information content (AvgIpc) is 2.69.